The summed E-state index contributed by atoms with van der Waals surface area (Å²) in [5.74, 6) is -0.00381. The topological polar surface area (TPSA) is 88.2 Å². The van der Waals surface area contributed by atoms with Crippen LogP contribution in [0.15, 0.2) is 60.7 Å². The van der Waals surface area contributed by atoms with Crippen molar-refractivity contribution in [3.63, 3.8) is 0 Å². The monoisotopic (exact) mass is 588 g/mol. The Kier molecular flexibility index (Phi) is 10.4. The molecule has 2 aromatic rings. The van der Waals surface area contributed by atoms with Gasteiger partial charge in [-0.3, -0.25) is 14.4 Å². The molecule has 3 amide bonds. The van der Waals surface area contributed by atoms with Gasteiger partial charge in [0.15, 0.2) is 0 Å². The molecule has 5 rings (SSSR count). The van der Waals surface area contributed by atoms with Crippen molar-refractivity contribution in [2.45, 2.75) is 57.5 Å². The van der Waals surface area contributed by atoms with Crippen LogP contribution in [-0.2, 0) is 20.8 Å². The smallest absolute Gasteiger partial charge is 0.250 e. The first-order chi connectivity index (χ1) is 20.9. The number of nitrogens with zero attached hydrogens (tertiary/aromatic N) is 4. The molecule has 0 aliphatic carbocycles. The number of para-hydroxylation sites is 1. The summed E-state index contributed by atoms with van der Waals surface area (Å²) >= 11 is 0. The van der Waals surface area contributed by atoms with Gasteiger partial charge in [0.1, 0.15) is 11.6 Å². The van der Waals surface area contributed by atoms with Gasteiger partial charge in [-0.15, -0.1) is 0 Å². The van der Waals surface area contributed by atoms with Crippen LogP contribution in [-0.4, -0.2) is 103 Å². The van der Waals surface area contributed by atoms with Crippen LogP contribution >= 0.6 is 0 Å². The van der Waals surface area contributed by atoms with Crippen molar-refractivity contribution in [1.29, 1.82) is 0 Å². The molecule has 3 heterocycles. The Labute approximate surface area is 256 Å². The molecule has 0 unspecified atom stereocenters. The summed E-state index contributed by atoms with van der Waals surface area (Å²) in [7, 11) is 0. The molecule has 0 bridgehead atoms. The van der Waals surface area contributed by atoms with Gasteiger partial charge in [-0.2, -0.15) is 0 Å². The summed E-state index contributed by atoms with van der Waals surface area (Å²) in [5.41, 5.74) is 1.39. The fraction of sp³-hybridized carbons (Fsp3) is 0.559. The number of amides is 3. The molecule has 232 valence electrons. The van der Waals surface area contributed by atoms with Crippen LogP contribution in [0.4, 0.5) is 5.69 Å². The van der Waals surface area contributed by atoms with Crippen LogP contribution in [0.1, 0.15) is 45.1 Å². The Morgan fingerprint density at radius 2 is 1.60 bits per heavy atom. The molecule has 0 radical (unpaired) electrons. The van der Waals surface area contributed by atoms with Crippen molar-refractivity contribution >= 4 is 23.4 Å². The fourth-order valence-electron chi connectivity index (χ4n) is 6.92. The second kappa shape index (κ2) is 14.4. The lowest BCUT2D eigenvalue weighted by molar-refractivity contribution is -0.141. The molecular weight excluding hydrogens is 540 g/mol. The van der Waals surface area contributed by atoms with Gasteiger partial charge < -0.3 is 30.2 Å². The summed E-state index contributed by atoms with van der Waals surface area (Å²) in [6, 6.07) is 19.5. The third-order valence-electron chi connectivity index (χ3n) is 9.67. The number of likely N-dealkylation sites (tertiary alicyclic amines) is 1. The molecule has 3 aliphatic heterocycles. The highest BCUT2D eigenvalue weighted by atomic mass is 16.2. The van der Waals surface area contributed by atoms with E-state index in [1.165, 1.54) is 0 Å². The first-order valence-electron chi connectivity index (χ1n) is 16.1. The summed E-state index contributed by atoms with van der Waals surface area (Å²) in [6.45, 7) is 10.9. The average molecular weight is 589 g/mol. The second-order valence-electron chi connectivity index (χ2n) is 12.1. The maximum Gasteiger partial charge on any atom is 0.250 e. The highest BCUT2D eigenvalue weighted by molar-refractivity contribution is 5.94. The molecule has 43 heavy (non-hydrogen) atoms. The van der Waals surface area contributed by atoms with E-state index >= 15 is 0 Å². The summed E-state index contributed by atoms with van der Waals surface area (Å²) in [4.78, 5) is 49.9. The van der Waals surface area contributed by atoms with Crippen LogP contribution < -0.4 is 15.5 Å². The van der Waals surface area contributed by atoms with E-state index < -0.39 is 11.6 Å². The molecule has 0 saturated carbocycles. The molecule has 1 spiro atoms. The summed E-state index contributed by atoms with van der Waals surface area (Å²) in [5, 5.41) is 6.44. The van der Waals surface area contributed by atoms with Gasteiger partial charge in [0.2, 0.25) is 17.7 Å². The molecule has 9 nitrogen and oxygen atoms in total. The lowest BCUT2D eigenvalue weighted by atomic mass is 9.85. The Bertz CT molecular complexity index is 1210. The average Bonchev–Trinajstić information content (AvgIpc) is 3.32. The molecule has 3 fully saturated rings. The van der Waals surface area contributed by atoms with Crippen molar-refractivity contribution in [1.82, 2.24) is 25.3 Å². The lowest BCUT2D eigenvalue weighted by Crippen LogP contribution is -2.60. The number of benzene rings is 2. The summed E-state index contributed by atoms with van der Waals surface area (Å²) in [6.07, 6.45) is 3.15. The molecular formula is C34H48N6O3. The molecule has 2 aromatic carbocycles. The predicted octanol–water partition coefficient (Wildman–Crippen LogP) is 2.72. The number of carbonyl (C=O) groups is 3. The molecule has 3 aliphatic rings. The zero-order valence-corrected chi connectivity index (χ0v) is 25.8. The first kappa shape index (κ1) is 31.0. The minimum absolute atomic E-state index is 0.0330. The second-order valence-corrected chi connectivity index (χ2v) is 12.1. The largest absolute Gasteiger partial charge is 0.344 e. The van der Waals surface area contributed by atoms with Crippen molar-refractivity contribution in [3.05, 3.63) is 66.2 Å². The molecule has 1 atom stereocenters. The quantitative estimate of drug-likeness (QED) is 0.420. The third-order valence-corrected chi connectivity index (χ3v) is 9.67. The number of rotatable bonds is 11. The number of hydrogen-bond donors (Lipinski definition) is 2. The number of anilines is 1. The van der Waals surface area contributed by atoms with Crippen LogP contribution in [0.2, 0.25) is 0 Å². The standard InChI is InChI=1S/C34H48N6O3/c1-3-37(4-2)23-24-39-26-40(29-13-9-6-10-14-29)34(33(39)43)17-21-38(22-18-34)32(42)30(25-27-11-7-5-8-12-27)36-31(41)28-15-19-35-20-16-28/h5-14,28,30,35H,3-4,15-26H2,1-2H3,(H,36,41)/t30-/m1/s1. The number of nitrogens with one attached hydrogen (secondary N) is 2. The van der Waals surface area contributed by atoms with Crippen LogP contribution in [0.25, 0.3) is 0 Å². The molecule has 3 saturated heterocycles. The Balaban J connectivity index is 1.31. The van der Waals surface area contributed by atoms with E-state index in [4.69, 9.17) is 0 Å². The lowest BCUT2D eigenvalue weighted by Gasteiger charge is -2.44. The van der Waals surface area contributed by atoms with E-state index in [0.29, 0.717) is 45.6 Å². The highest BCUT2D eigenvalue weighted by Gasteiger charge is 2.54. The van der Waals surface area contributed by atoms with Crippen LogP contribution in [0.3, 0.4) is 0 Å². The number of likely N-dealkylation sites (N-methyl/N-ethyl adjacent to an activating group) is 1. The van der Waals surface area contributed by atoms with Crippen molar-refractivity contribution in [2.24, 2.45) is 5.92 Å². The van der Waals surface area contributed by atoms with Gasteiger partial charge in [-0.25, -0.2) is 0 Å². The number of carbonyl (C=O) groups excluding carboxylic acids is 3. The molecule has 9 heteroatoms. The zero-order chi connectivity index (χ0) is 30.2. The van der Waals surface area contributed by atoms with E-state index in [1.807, 2.05) is 58.3 Å². The van der Waals surface area contributed by atoms with E-state index in [2.05, 4.69) is 46.4 Å². The number of hydrogen-bond acceptors (Lipinski definition) is 6. The van der Waals surface area contributed by atoms with Gasteiger partial charge in [-0.1, -0.05) is 62.4 Å². The van der Waals surface area contributed by atoms with Crippen molar-refractivity contribution < 1.29 is 14.4 Å². The minimum Gasteiger partial charge on any atom is -0.344 e. The van der Waals surface area contributed by atoms with Gasteiger partial charge >= 0.3 is 0 Å². The van der Waals surface area contributed by atoms with Gasteiger partial charge in [-0.05, 0) is 69.6 Å². The SMILES string of the molecule is CCN(CC)CCN1CN(c2ccccc2)C2(CCN(C(=O)[C@@H](Cc3ccccc3)NC(=O)C3CCNCC3)CC2)C1=O. The fourth-order valence-corrected chi connectivity index (χ4v) is 6.92. The van der Waals surface area contributed by atoms with E-state index in [0.717, 1.165) is 56.8 Å². The highest BCUT2D eigenvalue weighted by Crippen LogP contribution is 2.39. The van der Waals surface area contributed by atoms with Gasteiger partial charge in [0.05, 0.1) is 6.67 Å². The van der Waals surface area contributed by atoms with E-state index in [9.17, 15) is 14.4 Å². The van der Waals surface area contributed by atoms with E-state index in [-0.39, 0.29) is 23.6 Å². The Morgan fingerprint density at radius 3 is 2.23 bits per heavy atom. The first-order valence-corrected chi connectivity index (χ1v) is 16.1. The predicted molar refractivity (Wildman–Crippen MR) is 170 cm³/mol. The maximum atomic E-state index is 14.1. The molecule has 2 N–H and O–H groups in total. The Morgan fingerprint density at radius 1 is 0.977 bits per heavy atom. The van der Waals surface area contributed by atoms with Crippen molar-refractivity contribution in [2.75, 3.05) is 63.9 Å². The van der Waals surface area contributed by atoms with Gasteiger partial charge in [0.25, 0.3) is 0 Å². The van der Waals surface area contributed by atoms with Crippen molar-refractivity contribution in [3.8, 4) is 0 Å². The normalized spacial score (nSPS) is 19.7. The minimum atomic E-state index is -0.672. The van der Waals surface area contributed by atoms with Crippen LogP contribution in [0.5, 0.6) is 0 Å². The summed E-state index contributed by atoms with van der Waals surface area (Å²) < 4.78 is 0. The maximum absolute atomic E-state index is 14.1. The third kappa shape index (κ3) is 7.04. The molecule has 0 aromatic heterocycles. The number of piperidine rings is 2. The van der Waals surface area contributed by atoms with E-state index in [1.54, 1.807) is 0 Å². The zero-order valence-electron chi connectivity index (χ0n) is 25.8. The van der Waals surface area contributed by atoms with Gasteiger partial charge in [0, 0.05) is 44.2 Å². The Hall–Kier alpha value is -3.43. The van der Waals surface area contributed by atoms with Crippen LogP contribution in [0, 0.1) is 5.92 Å².